The molecule has 0 N–H and O–H groups in total. The van der Waals surface area contributed by atoms with Crippen LogP contribution in [-0.4, -0.2) is 69.9 Å². The van der Waals surface area contributed by atoms with Gasteiger partial charge in [0, 0.05) is 59.0 Å². The number of likely N-dealkylation sites (N-methyl/N-ethyl adjacent to an activating group) is 2. The van der Waals surface area contributed by atoms with Gasteiger partial charge in [-0.2, -0.15) is 0 Å². The van der Waals surface area contributed by atoms with Gasteiger partial charge in [-0.1, -0.05) is 6.92 Å². The zero-order chi connectivity index (χ0) is 16.0. The predicted molar refractivity (Wildman–Crippen MR) is 86.4 cm³/mol. The van der Waals surface area contributed by atoms with Crippen molar-refractivity contribution in [2.75, 3.05) is 49.0 Å². The van der Waals surface area contributed by atoms with Crippen molar-refractivity contribution in [1.29, 1.82) is 0 Å². The highest BCUT2D eigenvalue weighted by atomic mass is 16.5. The Bertz CT molecular complexity index is 415. The number of ether oxygens (including phenoxy) is 2. The average molecular weight is 295 g/mol. The van der Waals surface area contributed by atoms with E-state index >= 15 is 0 Å². The number of hydrogen-bond acceptors (Lipinski definition) is 5. The molecule has 0 amide bonds. The van der Waals surface area contributed by atoms with Crippen molar-refractivity contribution >= 4 is 0 Å². The quantitative estimate of drug-likeness (QED) is 0.529. The summed E-state index contributed by atoms with van der Waals surface area (Å²) < 4.78 is 11.1. The van der Waals surface area contributed by atoms with Crippen LogP contribution in [0.1, 0.15) is 13.3 Å². The van der Waals surface area contributed by atoms with Gasteiger partial charge in [0.25, 0.3) is 0 Å². The largest absolute Gasteiger partial charge is 0.496 e. The van der Waals surface area contributed by atoms with Crippen molar-refractivity contribution < 1.29 is 9.47 Å². The van der Waals surface area contributed by atoms with Gasteiger partial charge in [-0.15, -0.1) is 0 Å². The number of nitrogens with zero attached hydrogens (tertiary/aromatic N) is 3. The Morgan fingerprint density at radius 3 is 2.14 bits per heavy atom. The average Bonchev–Trinajstić information content (AvgIpc) is 2.77. The minimum Gasteiger partial charge on any atom is -0.496 e. The molecule has 0 saturated heterocycles. The Morgan fingerprint density at radius 1 is 1.19 bits per heavy atom. The molecule has 0 aliphatic carbocycles. The third-order valence-electron chi connectivity index (χ3n) is 3.69. The molecular formula is C16H29N3O2. The number of methoxy groups -OCH3 is 2. The monoisotopic (exact) mass is 295 g/mol. The Kier molecular flexibility index (Phi) is 6.62. The lowest BCUT2D eigenvalue weighted by Crippen LogP contribution is -2.38. The van der Waals surface area contributed by atoms with Crippen LogP contribution in [0.5, 0.6) is 0 Å². The highest BCUT2D eigenvalue weighted by Crippen LogP contribution is 2.24. The predicted octanol–water partition coefficient (Wildman–Crippen LogP) is 2.06. The molecule has 1 rings (SSSR count). The summed E-state index contributed by atoms with van der Waals surface area (Å²) in [5, 5.41) is 0. The molecule has 1 aliphatic rings. The fraction of sp³-hybridized carbons (Fsp3) is 0.625. The summed E-state index contributed by atoms with van der Waals surface area (Å²) in [5.74, 6) is 0.870. The van der Waals surface area contributed by atoms with Crippen LogP contribution < -0.4 is 0 Å². The maximum atomic E-state index is 5.67. The van der Waals surface area contributed by atoms with Gasteiger partial charge in [0.05, 0.1) is 13.7 Å². The first-order valence-electron chi connectivity index (χ1n) is 7.22. The van der Waals surface area contributed by atoms with Gasteiger partial charge < -0.3 is 24.2 Å². The van der Waals surface area contributed by atoms with Gasteiger partial charge in [-0.05, 0) is 12.5 Å². The van der Waals surface area contributed by atoms with Crippen molar-refractivity contribution in [1.82, 2.24) is 14.7 Å². The van der Waals surface area contributed by atoms with Gasteiger partial charge in [-0.25, -0.2) is 0 Å². The molecule has 21 heavy (non-hydrogen) atoms. The summed E-state index contributed by atoms with van der Waals surface area (Å²) in [6.07, 6.45) is 7.30. The maximum absolute atomic E-state index is 5.67. The fourth-order valence-electron chi connectivity index (χ4n) is 2.56. The van der Waals surface area contributed by atoms with Crippen molar-refractivity contribution in [3.05, 3.63) is 35.5 Å². The second-order valence-corrected chi connectivity index (χ2v) is 5.41. The Morgan fingerprint density at radius 2 is 1.76 bits per heavy atom. The number of allylic oxidation sites excluding steroid dienone is 2. The molecule has 0 saturated carbocycles. The first-order chi connectivity index (χ1) is 9.96. The molecule has 5 heteroatoms. The summed E-state index contributed by atoms with van der Waals surface area (Å²) in [6.45, 7) is 2.68. The summed E-state index contributed by atoms with van der Waals surface area (Å²) in [7, 11) is 11.6. The van der Waals surface area contributed by atoms with Gasteiger partial charge >= 0.3 is 0 Å². The second-order valence-electron chi connectivity index (χ2n) is 5.41. The fourth-order valence-corrected chi connectivity index (χ4v) is 2.56. The van der Waals surface area contributed by atoms with Gasteiger partial charge in [0.15, 0.2) is 0 Å². The van der Waals surface area contributed by atoms with Crippen molar-refractivity contribution in [3.63, 3.8) is 0 Å². The van der Waals surface area contributed by atoms with E-state index in [0.717, 1.165) is 17.8 Å². The molecule has 1 heterocycles. The van der Waals surface area contributed by atoms with Gasteiger partial charge in [-0.3, -0.25) is 0 Å². The molecular weight excluding hydrogens is 266 g/mol. The van der Waals surface area contributed by atoms with E-state index in [9.17, 15) is 0 Å². The van der Waals surface area contributed by atoms with E-state index in [4.69, 9.17) is 9.47 Å². The molecule has 0 radical (unpaired) electrons. The van der Waals surface area contributed by atoms with Crippen LogP contribution in [-0.2, 0) is 9.47 Å². The summed E-state index contributed by atoms with van der Waals surface area (Å²) in [4.78, 5) is 6.43. The topological polar surface area (TPSA) is 28.2 Å². The molecule has 0 atom stereocenters. The third kappa shape index (κ3) is 4.17. The number of hydrogen-bond donors (Lipinski definition) is 0. The van der Waals surface area contributed by atoms with E-state index < -0.39 is 0 Å². The lowest BCUT2D eigenvalue weighted by atomic mass is 10.1. The Hall–Kier alpha value is -1.62. The molecule has 5 nitrogen and oxygen atoms in total. The van der Waals surface area contributed by atoms with E-state index in [-0.39, 0.29) is 6.17 Å². The first-order valence-corrected chi connectivity index (χ1v) is 7.22. The zero-order valence-electron chi connectivity index (χ0n) is 14.4. The van der Waals surface area contributed by atoms with Crippen LogP contribution in [0.3, 0.4) is 0 Å². The molecule has 0 unspecified atom stereocenters. The minimum atomic E-state index is 0.122. The normalized spacial score (nSPS) is 17.4. The third-order valence-corrected chi connectivity index (χ3v) is 3.69. The maximum Gasteiger partial charge on any atom is 0.129 e. The Balaban J connectivity index is 3.24. The van der Waals surface area contributed by atoms with E-state index in [0.29, 0.717) is 6.61 Å². The molecule has 120 valence electrons. The molecule has 0 bridgehead atoms. The van der Waals surface area contributed by atoms with Gasteiger partial charge in [0.1, 0.15) is 11.9 Å². The van der Waals surface area contributed by atoms with Crippen molar-refractivity contribution in [2.24, 2.45) is 0 Å². The highest BCUT2D eigenvalue weighted by Gasteiger charge is 2.27. The smallest absolute Gasteiger partial charge is 0.129 e. The van der Waals surface area contributed by atoms with Crippen LogP contribution in [0.15, 0.2) is 35.5 Å². The lowest BCUT2D eigenvalue weighted by Gasteiger charge is -2.31. The summed E-state index contributed by atoms with van der Waals surface area (Å²) in [6, 6.07) is 0. The van der Waals surface area contributed by atoms with Crippen molar-refractivity contribution in [3.8, 4) is 0 Å². The summed E-state index contributed by atoms with van der Waals surface area (Å²) in [5.41, 5.74) is 2.33. The van der Waals surface area contributed by atoms with E-state index in [1.165, 1.54) is 5.70 Å². The molecule has 1 aliphatic heterocycles. The van der Waals surface area contributed by atoms with E-state index in [2.05, 4.69) is 54.2 Å². The lowest BCUT2D eigenvalue weighted by molar-refractivity contribution is 0.164. The van der Waals surface area contributed by atoms with Crippen molar-refractivity contribution in [2.45, 2.75) is 19.5 Å². The minimum absolute atomic E-state index is 0.122. The SMILES string of the molecule is CC/C(=C\C(OC)=C(/COC)C1N(C)C=CN1C)N(C)C. The van der Waals surface area contributed by atoms with Crippen LogP contribution >= 0.6 is 0 Å². The molecule has 0 spiro atoms. The molecule has 0 aromatic rings. The first kappa shape index (κ1) is 17.4. The number of rotatable bonds is 7. The van der Waals surface area contributed by atoms with E-state index in [1.54, 1.807) is 14.2 Å². The highest BCUT2D eigenvalue weighted by molar-refractivity contribution is 5.29. The van der Waals surface area contributed by atoms with Crippen LogP contribution in [0, 0.1) is 0 Å². The van der Waals surface area contributed by atoms with Crippen LogP contribution in [0.4, 0.5) is 0 Å². The summed E-state index contributed by atoms with van der Waals surface area (Å²) >= 11 is 0. The zero-order valence-corrected chi connectivity index (χ0v) is 14.4. The standard InChI is InChI=1S/C16H29N3O2/c1-8-13(17(2)3)11-15(21-7)14(12-20-6)16-18(4)9-10-19(16)5/h9-11,16H,8,12H2,1-7H3/b13-11+,15-14-. The van der Waals surface area contributed by atoms with Crippen LogP contribution in [0.25, 0.3) is 0 Å². The Labute approximate surface area is 129 Å². The van der Waals surface area contributed by atoms with Gasteiger partial charge in [0.2, 0.25) is 0 Å². The van der Waals surface area contributed by atoms with E-state index in [1.807, 2.05) is 14.1 Å². The van der Waals surface area contributed by atoms with Crippen LogP contribution in [0.2, 0.25) is 0 Å². The molecule has 0 aromatic heterocycles. The molecule has 0 fully saturated rings. The molecule has 0 aromatic carbocycles. The second kappa shape index (κ2) is 7.98.